The summed E-state index contributed by atoms with van der Waals surface area (Å²) in [5, 5.41) is 5.37. The van der Waals surface area contributed by atoms with Crippen molar-refractivity contribution in [2.75, 3.05) is 16.8 Å². The van der Waals surface area contributed by atoms with Crippen molar-refractivity contribution in [2.24, 2.45) is 0 Å². The SMILES string of the molecule is CCOc1ccccc1NC1=C(c2cccs2)C(=O)N(c2cccc(Cl)c2Cl)C1=O. The number of hydrogen-bond donors (Lipinski definition) is 1. The van der Waals surface area contributed by atoms with Crippen molar-refractivity contribution < 1.29 is 14.3 Å². The fraction of sp³-hybridized carbons (Fsp3) is 0.0909. The summed E-state index contributed by atoms with van der Waals surface area (Å²) in [7, 11) is 0. The summed E-state index contributed by atoms with van der Waals surface area (Å²) in [6, 6.07) is 15.7. The van der Waals surface area contributed by atoms with Crippen molar-refractivity contribution in [3.8, 4) is 5.75 Å². The molecule has 1 aromatic heterocycles. The van der Waals surface area contributed by atoms with Gasteiger partial charge in [-0.05, 0) is 42.6 Å². The third-order valence-corrected chi connectivity index (χ3v) is 6.17. The molecule has 0 radical (unpaired) electrons. The lowest BCUT2D eigenvalue weighted by Gasteiger charge is -2.17. The Morgan fingerprint density at radius 3 is 2.53 bits per heavy atom. The molecule has 4 rings (SSSR count). The maximum Gasteiger partial charge on any atom is 0.282 e. The van der Waals surface area contributed by atoms with Gasteiger partial charge >= 0.3 is 0 Å². The number of para-hydroxylation sites is 2. The molecule has 0 atom stereocenters. The minimum Gasteiger partial charge on any atom is -0.492 e. The fourth-order valence-corrected chi connectivity index (χ4v) is 4.31. The Labute approximate surface area is 187 Å². The number of ether oxygens (including phenoxy) is 1. The number of carbonyl (C=O) groups excluding carboxylic acids is 2. The number of imide groups is 1. The molecule has 0 unspecified atom stereocenters. The summed E-state index contributed by atoms with van der Waals surface area (Å²) >= 11 is 13.8. The zero-order valence-corrected chi connectivity index (χ0v) is 18.1. The molecular weight excluding hydrogens is 443 g/mol. The predicted octanol–water partition coefficient (Wildman–Crippen LogP) is 5.85. The van der Waals surface area contributed by atoms with Crippen LogP contribution >= 0.6 is 34.5 Å². The monoisotopic (exact) mass is 458 g/mol. The number of hydrogen-bond acceptors (Lipinski definition) is 5. The average molecular weight is 459 g/mol. The Morgan fingerprint density at radius 2 is 1.80 bits per heavy atom. The second kappa shape index (κ2) is 8.52. The van der Waals surface area contributed by atoms with Crippen molar-refractivity contribution in [1.29, 1.82) is 0 Å². The maximum absolute atomic E-state index is 13.4. The molecule has 0 fully saturated rings. The quantitative estimate of drug-likeness (QED) is 0.470. The summed E-state index contributed by atoms with van der Waals surface area (Å²) in [6.45, 7) is 2.34. The van der Waals surface area contributed by atoms with Crippen LogP contribution in [0.5, 0.6) is 5.75 Å². The third kappa shape index (κ3) is 3.58. The van der Waals surface area contributed by atoms with Gasteiger partial charge in [-0.1, -0.05) is 47.5 Å². The Bertz CT molecular complexity index is 1160. The fourth-order valence-electron chi connectivity index (χ4n) is 3.16. The standard InChI is InChI=1S/C22H16Cl2N2O3S/c1-2-29-16-10-4-3-8-14(16)25-20-18(17-11-6-12-30-17)21(27)26(22(20)28)15-9-5-7-13(23)19(15)24/h3-12,25H,2H2,1H3. The average Bonchev–Trinajstić information content (AvgIpc) is 3.33. The zero-order chi connectivity index (χ0) is 21.3. The van der Waals surface area contributed by atoms with E-state index < -0.39 is 11.8 Å². The van der Waals surface area contributed by atoms with Crippen LogP contribution in [0.1, 0.15) is 11.8 Å². The van der Waals surface area contributed by atoms with Crippen molar-refractivity contribution in [1.82, 2.24) is 0 Å². The molecular formula is C22H16Cl2N2O3S. The molecule has 1 aliphatic heterocycles. The van der Waals surface area contributed by atoms with E-state index in [0.717, 1.165) is 4.90 Å². The van der Waals surface area contributed by atoms with E-state index >= 15 is 0 Å². The highest BCUT2D eigenvalue weighted by atomic mass is 35.5. The van der Waals surface area contributed by atoms with Gasteiger partial charge in [0.1, 0.15) is 11.4 Å². The van der Waals surface area contributed by atoms with E-state index in [9.17, 15) is 9.59 Å². The molecule has 2 aromatic carbocycles. The largest absolute Gasteiger partial charge is 0.492 e. The normalized spacial score (nSPS) is 13.9. The van der Waals surface area contributed by atoms with Crippen molar-refractivity contribution in [3.63, 3.8) is 0 Å². The van der Waals surface area contributed by atoms with E-state index in [1.165, 1.54) is 11.3 Å². The lowest BCUT2D eigenvalue weighted by atomic mass is 10.1. The highest BCUT2D eigenvalue weighted by molar-refractivity contribution is 7.11. The summed E-state index contributed by atoms with van der Waals surface area (Å²) in [5.74, 6) is -0.403. The van der Waals surface area contributed by atoms with E-state index in [4.69, 9.17) is 27.9 Å². The van der Waals surface area contributed by atoms with Gasteiger partial charge in [0.2, 0.25) is 0 Å². The highest BCUT2D eigenvalue weighted by Crippen LogP contribution is 2.40. The predicted molar refractivity (Wildman–Crippen MR) is 121 cm³/mol. The molecule has 30 heavy (non-hydrogen) atoms. The van der Waals surface area contributed by atoms with Crippen molar-refractivity contribution in [3.05, 3.63) is 80.6 Å². The first-order chi connectivity index (χ1) is 14.5. The topological polar surface area (TPSA) is 58.6 Å². The second-order valence-corrected chi connectivity index (χ2v) is 8.03. The number of anilines is 2. The molecule has 1 N–H and O–H groups in total. The molecule has 0 spiro atoms. The molecule has 8 heteroatoms. The molecule has 2 heterocycles. The Hall–Kier alpha value is -2.80. The smallest absolute Gasteiger partial charge is 0.282 e. The number of carbonyl (C=O) groups is 2. The van der Waals surface area contributed by atoms with Gasteiger partial charge in [0.05, 0.1) is 33.6 Å². The first-order valence-corrected chi connectivity index (χ1v) is 10.8. The van der Waals surface area contributed by atoms with E-state index in [-0.39, 0.29) is 27.0 Å². The Kier molecular flexibility index (Phi) is 5.81. The van der Waals surface area contributed by atoms with Crippen molar-refractivity contribution in [2.45, 2.75) is 6.92 Å². The van der Waals surface area contributed by atoms with E-state index in [1.807, 2.05) is 30.5 Å². The first kappa shape index (κ1) is 20.5. The molecule has 0 saturated heterocycles. The number of thiophene rings is 1. The second-order valence-electron chi connectivity index (χ2n) is 6.30. The van der Waals surface area contributed by atoms with Gasteiger partial charge in [0.25, 0.3) is 11.8 Å². The van der Waals surface area contributed by atoms with Crippen LogP contribution in [0, 0.1) is 0 Å². The molecule has 3 aromatic rings. The lowest BCUT2D eigenvalue weighted by molar-refractivity contribution is -0.120. The van der Waals surface area contributed by atoms with Gasteiger partial charge in [0, 0.05) is 4.88 Å². The summed E-state index contributed by atoms with van der Waals surface area (Å²) in [5.41, 5.74) is 1.26. The Balaban J connectivity index is 1.83. The molecule has 5 nitrogen and oxygen atoms in total. The van der Waals surface area contributed by atoms with Crippen molar-refractivity contribution >= 4 is 63.3 Å². The van der Waals surface area contributed by atoms with Crippen LogP contribution in [0.2, 0.25) is 10.0 Å². The summed E-state index contributed by atoms with van der Waals surface area (Å²) < 4.78 is 5.65. The molecule has 152 valence electrons. The number of benzene rings is 2. The van der Waals surface area contributed by atoms with Gasteiger partial charge in [-0.3, -0.25) is 9.59 Å². The first-order valence-electron chi connectivity index (χ1n) is 9.12. The number of amides is 2. The van der Waals surface area contributed by atoms with Crippen LogP contribution in [0.25, 0.3) is 5.57 Å². The van der Waals surface area contributed by atoms with Gasteiger partial charge in [0.15, 0.2) is 0 Å². The molecule has 0 aliphatic carbocycles. The van der Waals surface area contributed by atoms with Gasteiger partial charge in [-0.15, -0.1) is 11.3 Å². The number of nitrogens with one attached hydrogen (secondary N) is 1. The lowest BCUT2D eigenvalue weighted by Crippen LogP contribution is -2.32. The van der Waals surface area contributed by atoms with Crippen LogP contribution in [0.15, 0.2) is 65.7 Å². The summed E-state index contributed by atoms with van der Waals surface area (Å²) in [6.07, 6.45) is 0. The zero-order valence-electron chi connectivity index (χ0n) is 15.8. The molecule has 0 saturated carbocycles. The van der Waals surface area contributed by atoms with Crippen LogP contribution in [-0.2, 0) is 9.59 Å². The maximum atomic E-state index is 13.4. The minimum atomic E-state index is -0.515. The van der Waals surface area contributed by atoms with E-state index in [0.29, 0.717) is 22.9 Å². The van der Waals surface area contributed by atoms with E-state index in [1.54, 1.807) is 36.4 Å². The van der Waals surface area contributed by atoms with Gasteiger partial charge in [-0.25, -0.2) is 4.90 Å². The highest BCUT2D eigenvalue weighted by Gasteiger charge is 2.41. The third-order valence-electron chi connectivity index (χ3n) is 4.47. The number of rotatable bonds is 6. The van der Waals surface area contributed by atoms with Crippen LogP contribution in [0.4, 0.5) is 11.4 Å². The molecule has 2 amide bonds. The van der Waals surface area contributed by atoms with Crippen LogP contribution in [-0.4, -0.2) is 18.4 Å². The molecule has 0 bridgehead atoms. The minimum absolute atomic E-state index is 0.141. The van der Waals surface area contributed by atoms with Gasteiger partial charge in [-0.2, -0.15) is 0 Å². The number of nitrogens with zero attached hydrogens (tertiary/aromatic N) is 1. The van der Waals surface area contributed by atoms with E-state index in [2.05, 4.69) is 5.32 Å². The number of halogens is 2. The van der Waals surface area contributed by atoms with Crippen LogP contribution < -0.4 is 15.0 Å². The molecule has 1 aliphatic rings. The van der Waals surface area contributed by atoms with Crippen LogP contribution in [0.3, 0.4) is 0 Å². The summed E-state index contributed by atoms with van der Waals surface area (Å²) in [4.78, 5) is 28.5. The Morgan fingerprint density at radius 1 is 1.00 bits per heavy atom. The van der Waals surface area contributed by atoms with Gasteiger partial charge < -0.3 is 10.1 Å².